The van der Waals surface area contributed by atoms with Crippen LogP contribution in [0, 0.1) is 0 Å². The number of carbonyl (C=O) groups is 2. The standard InChI is InChI=1S/C23H25N5O2/c29-22(25-15-19-7-3-1-4-8-19)17-26-11-13-27(14-12-26)23(30)21-16-24-18-28(21)20-9-5-2-6-10-20/h1-10,16,18H,11-15,17H2,(H,25,29). The van der Waals surface area contributed by atoms with Crippen LogP contribution in [0.15, 0.2) is 73.2 Å². The van der Waals surface area contributed by atoms with Gasteiger partial charge in [-0.1, -0.05) is 48.5 Å². The lowest BCUT2D eigenvalue weighted by atomic mass is 10.2. The van der Waals surface area contributed by atoms with Crippen LogP contribution in [0.1, 0.15) is 16.1 Å². The van der Waals surface area contributed by atoms with Crippen molar-refractivity contribution in [2.24, 2.45) is 0 Å². The first-order valence-corrected chi connectivity index (χ1v) is 10.1. The molecule has 3 aromatic rings. The molecule has 1 N–H and O–H groups in total. The summed E-state index contributed by atoms with van der Waals surface area (Å²) < 4.78 is 1.81. The summed E-state index contributed by atoms with van der Waals surface area (Å²) in [6.07, 6.45) is 3.27. The number of nitrogens with zero attached hydrogens (tertiary/aromatic N) is 4. The van der Waals surface area contributed by atoms with E-state index in [1.807, 2.05) is 70.1 Å². The van der Waals surface area contributed by atoms with Gasteiger partial charge in [-0.3, -0.25) is 19.1 Å². The Kier molecular flexibility index (Phi) is 6.20. The van der Waals surface area contributed by atoms with E-state index in [1.165, 1.54) is 0 Å². The zero-order valence-electron chi connectivity index (χ0n) is 16.8. The molecule has 0 bridgehead atoms. The van der Waals surface area contributed by atoms with Gasteiger partial charge < -0.3 is 10.2 Å². The number of benzene rings is 2. The number of imidazole rings is 1. The van der Waals surface area contributed by atoms with E-state index in [0.717, 1.165) is 11.3 Å². The molecule has 0 spiro atoms. The Labute approximate surface area is 175 Å². The Morgan fingerprint density at radius 1 is 0.900 bits per heavy atom. The van der Waals surface area contributed by atoms with E-state index >= 15 is 0 Å². The van der Waals surface area contributed by atoms with Crippen LogP contribution in [0.5, 0.6) is 0 Å². The first kappa shape index (κ1) is 19.8. The molecule has 154 valence electrons. The molecular formula is C23H25N5O2. The van der Waals surface area contributed by atoms with Gasteiger partial charge in [0.1, 0.15) is 5.69 Å². The lowest BCUT2D eigenvalue weighted by molar-refractivity contribution is -0.122. The second-order valence-corrected chi connectivity index (χ2v) is 7.32. The molecule has 30 heavy (non-hydrogen) atoms. The Hall–Kier alpha value is -3.45. The van der Waals surface area contributed by atoms with Crippen LogP contribution in [0.2, 0.25) is 0 Å². The Bertz CT molecular complexity index is 979. The first-order chi connectivity index (χ1) is 14.7. The van der Waals surface area contributed by atoms with Gasteiger partial charge >= 0.3 is 0 Å². The minimum atomic E-state index is -0.0375. The summed E-state index contributed by atoms with van der Waals surface area (Å²) in [7, 11) is 0. The van der Waals surface area contributed by atoms with Crippen LogP contribution in [0.3, 0.4) is 0 Å². The molecule has 1 aromatic heterocycles. The van der Waals surface area contributed by atoms with Gasteiger partial charge in [0.2, 0.25) is 5.91 Å². The minimum Gasteiger partial charge on any atom is -0.351 e. The van der Waals surface area contributed by atoms with Crippen molar-refractivity contribution in [3.8, 4) is 5.69 Å². The van der Waals surface area contributed by atoms with E-state index < -0.39 is 0 Å². The van der Waals surface area contributed by atoms with Gasteiger partial charge in [0.15, 0.2) is 0 Å². The summed E-state index contributed by atoms with van der Waals surface area (Å²) >= 11 is 0. The highest BCUT2D eigenvalue weighted by Crippen LogP contribution is 2.14. The molecule has 1 aliphatic heterocycles. The summed E-state index contributed by atoms with van der Waals surface area (Å²) in [6.45, 7) is 3.39. The topological polar surface area (TPSA) is 70.5 Å². The Morgan fingerprint density at radius 3 is 2.27 bits per heavy atom. The minimum absolute atomic E-state index is 0.000726. The van der Waals surface area contributed by atoms with E-state index in [1.54, 1.807) is 12.5 Å². The maximum atomic E-state index is 13.0. The molecule has 1 saturated heterocycles. The average molecular weight is 403 g/mol. The number of para-hydroxylation sites is 1. The predicted octanol–water partition coefficient (Wildman–Crippen LogP) is 1.95. The summed E-state index contributed by atoms with van der Waals surface area (Å²) in [5.41, 5.74) is 2.54. The van der Waals surface area contributed by atoms with Crippen LogP contribution < -0.4 is 5.32 Å². The van der Waals surface area contributed by atoms with Gasteiger partial charge in [-0.2, -0.15) is 0 Å². The third-order valence-corrected chi connectivity index (χ3v) is 5.25. The fourth-order valence-corrected chi connectivity index (χ4v) is 3.57. The second kappa shape index (κ2) is 9.37. The van der Waals surface area contributed by atoms with Crippen molar-refractivity contribution >= 4 is 11.8 Å². The number of nitrogens with one attached hydrogen (secondary N) is 1. The molecule has 1 aliphatic rings. The number of amides is 2. The fraction of sp³-hybridized carbons (Fsp3) is 0.261. The van der Waals surface area contributed by atoms with Crippen LogP contribution in [0.4, 0.5) is 0 Å². The molecule has 0 aliphatic carbocycles. The molecule has 0 atom stereocenters. The highest BCUT2D eigenvalue weighted by atomic mass is 16.2. The van der Waals surface area contributed by atoms with Gasteiger partial charge in [-0.25, -0.2) is 4.98 Å². The van der Waals surface area contributed by atoms with Crippen molar-refractivity contribution in [1.29, 1.82) is 0 Å². The van der Waals surface area contributed by atoms with E-state index in [-0.39, 0.29) is 11.8 Å². The number of piperazine rings is 1. The first-order valence-electron chi connectivity index (χ1n) is 10.1. The maximum Gasteiger partial charge on any atom is 0.272 e. The largest absolute Gasteiger partial charge is 0.351 e. The Morgan fingerprint density at radius 2 is 1.57 bits per heavy atom. The fourth-order valence-electron chi connectivity index (χ4n) is 3.57. The summed E-state index contributed by atoms with van der Waals surface area (Å²) in [5.74, 6) is -0.0367. The second-order valence-electron chi connectivity index (χ2n) is 7.32. The number of aromatic nitrogens is 2. The number of rotatable bonds is 6. The van der Waals surface area contributed by atoms with Crippen molar-refractivity contribution < 1.29 is 9.59 Å². The molecular weight excluding hydrogens is 378 g/mol. The van der Waals surface area contributed by atoms with Crippen LogP contribution in [-0.4, -0.2) is 63.9 Å². The van der Waals surface area contributed by atoms with Gasteiger partial charge in [0, 0.05) is 38.4 Å². The molecule has 7 nitrogen and oxygen atoms in total. The van der Waals surface area contributed by atoms with Crippen molar-refractivity contribution in [1.82, 2.24) is 24.7 Å². The zero-order chi connectivity index (χ0) is 20.8. The summed E-state index contributed by atoms with van der Waals surface area (Å²) in [6, 6.07) is 19.6. The molecule has 4 rings (SSSR count). The number of carbonyl (C=O) groups excluding carboxylic acids is 2. The quantitative estimate of drug-likeness (QED) is 0.683. The third-order valence-electron chi connectivity index (χ3n) is 5.25. The normalized spacial score (nSPS) is 14.5. The molecule has 0 unspecified atom stereocenters. The lowest BCUT2D eigenvalue weighted by Gasteiger charge is -2.34. The van der Waals surface area contributed by atoms with Crippen molar-refractivity contribution in [3.63, 3.8) is 0 Å². The SMILES string of the molecule is O=C(CN1CCN(C(=O)c2cncn2-c2ccccc2)CC1)NCc1ccccc1. The monoisotopic (exact) mass is 403 g/mol. The molecule has 1 fully saturated rings. The van der Waals surface area contributed by atoms with Crippen LogP contribution in [0.25, 0.3) is 5.69 Å². The highest BCUT2D eigenvalue weighted by Gasteiger charge is 2.25. The number of hydrogen-bond donors (Lipinski definition) is 1. The molecule has 2 aromatic carbocycles. The van der Waals surface area contributed by atoms with E-state index in [9.17, 15) is 9.59 Å². The van der Waals surface area contributed by atoms with Crippen molar-refractivity contribution in [2.75, 3.05) is 32.7 Å². The Balaban J connectivity index is 1.28. The summed E-state index contributed by atoms with van der Waals surface area (Å²) in [4.78, 5) is 33.3. The predicted molar refractivity (Wildman–Crippen MR) is 114 cm³/mol. The highest BCUT2D eigenvalue weighted by molar-refractivity contribution is 5.93. The van der Waals surface area contributed by atoms with Gasteiger partial charge in [0.25, 0.3) is 5.91 Å². The van der Waals surface area contributed by atoms with Gasteiger partial charge in [-0.05, 0) is 17.7 Å². The zero-order valence-corrected chi connectivity index (χ0v) is 16.8. The van der Waals surface area contributed by atoms with E-state index in [2.05, 4.69) is 15.2 Å². The molecule has 7 heteroatoms. The van der Waals surface area contributed by atoms with E-state index in [0.29, 0.717) is 45.0 Å². The molecule has 0 radical (unpaired) electrons. The number of hydrogen-bond acceptors (Lipinski definition) is 4. The van der Waals surface area contributed by atoms with E-state index in [4.69, 9.17) is 0 Å². The van der Waals surface area contributed by atoms with Crippen LogP contribution >= 0.6 is 0 Å². The van der Waals surface area contributed by atoms with Crippen LogP contribution in [-0.2, 0) is 11.3 Å². The maximum absolute atomic E-state index is 13.0. The summed E-state index contributed by atoms with van der Waals surface area (Å²) in [5, 5.41) is 2.96. The van der Waals surface area contributed by atoms with Gasteiger partial charge in [-0.15, -0.1) is 0 Å². The van der Waals surface area contributed by atoms with Crippen molar-refractivity contribution in [3.05, 3.63) is 84.4 Å². The third kappa shape index (κ3) is 4.75. The molecule has 0 saturated carbocycles. The van der Waals surface area contributed by atoms with Crippen molar-refractivity contribution in [2.45, 2.75) is 6.54 Å². The molecule has 2 amide bonds. The smallest absolute Gasteiger partial charge is 0.272 e. The average Bonchev–Trinajstić information content (AvgIpc) is 3.29. The van der Waals surface area contributed by atoms with Gasteiger partial charge in [0.05, 0.1) is 19.1 Å². The lowest BCUT2D eigenvalue weighted by Crippen LogP contribution is -2.51. The molecule has 2 heterocycles.